The molecule has 3 rings (SSSR count). The first-order valence-corrected chi connectivity index (χ1v) is 11.4. The lowest BCUT2D eigenvalue weighted by Crippen LogP contribution is -2.47. The summed E-state index contributed by atoms with van der Waals surface area (Å²) in [5.74, 6) is -6.34. The average molecular weight is 605 g/mol. The summed E-state index contributed by atoms with van der Waals surface area (Å²) in [6.07, 6.45) is -17.3. The molecule has 0 saturated heterocycles. The second kappa shape index (κ2) is 11.2. The van der Waals surface area contributed by atoms with E-state index >= 15 is 0 Å². The minimum absolute atomic E-state index is 0.0548. The SMILES string of the molecule is Cc1cc(C2=NO[C@](c3cc(C(F)(F)F)cc(F)c3F)(C(F)(F)F)CC2)ccc1C(=O)NCC(=O)NCC(F)(F)F. The number of alkyl halides is 9. The maximum absolute atomic E-state index is 14.4. The molecule has 224 valence electrons. The molecule has 1 heterocycles. The summed E-state index contributed by atoms with van der Waals surface area (Å²) in [4.78, 5) is 28.4. The number of hydrogen-bond donors (Lipinski definition) is 2. The molecule has 0 bridgehead atoms. The molecule has 0 fully saturated rings. The molecule has 1 atom stereocenters. The Morgan fingerprint density at radius 1 is 0.976 bits per heavy atom. The van der Waals surface area contributed by atoms with Crippen molar-refractivity contribution in [3.8, 4) is 0 Å². The van der Waals surface area contributed by atoms with Crippen molar-refractivity contribution in [1.82, 2.24) is 10.6 Å². The van der Waals surface area contributed by atoms with Crippen LogP contribution in [0.5, 0.6) is 0 Å². The van der Waals surface area contributed by atoms with Crippen molar-refractivity contribution < 1.29 is 62.7 Å². The van der Waals surface area contributed by atoms with Crippen molar-refractivity contribution in [3.63, 3.8) is 0 Å². The Hall–Kier alpha value is -3.92. The second-order valence-corrected chi connectivity index (χ2v) is 8.88. The molecule has 0 saturated carbocycles. The molecule has 2 N–H and O–H groups in total. The van der Waals surface area contributed by atoms with E-state index in [2.05, 4.69) is 15.3 Å². The molecule has 17 heteroatoms. The molecule has 0 radical (unpaired) electrons. The number of nitrogens with zero attached hydrogens (tertiary/aromatic N) is 1. The van der Waals surface area contributed by atoms with Gasteiger partial charge in [-0.3, -0.25) is 9.59 Å². The Balaban J connectivity index is 1.84. The van der Waals surface area contributed by atoms with E-state index in [9.17, 15) is 57.9 Å². The fourth-order valence-corrected chi connectivity index (χ4v) is 3.91. The van der Waals surface area contributed by atoms with Gasteiger partial charge in [-0.25, -0.2) is 8.78 Å². The predicted molar refractivity (Wildman–Crippen MR) is 119 cm³/mol. The standard InChI is InChI=1S/C24H18F11N3O3/c1-11-6-12(2-3-14(11)20(40)36-9-18(39)37-10-22(27,28)29)17-4-5-21(41-38-17,24(33,34)35)15-7-13(23(30,31)32)8-16(25)19(15)26/h2-3,6-8H,4-5,9-10H2,1H3,(H,36,40)(H,37,39)/t21-/m1/s1. The van der Waals surface area contributed by atoms with Crippen molar-refractivity contribution in [1.29, 1.82) is 0 Å². The zero-order valence-electron chi connectivity index (χ0n) is 20.5. The van der Waals surface area contributed by atoms with E-state index in [0.717, 1.165) is 0 Å². The van der Waals surface area contributed by atoms with Crippen molar-refractivity contribution in [3.05, 3.63) is 69.8 Å². The third-order valence-electron chi connectivity index (χ3n) is 5.97. The monoisotopic (exact) mass is 605 g/mol. The number of carbonyl (C=O) groups excluding carboxylic acids is 2. The Morgan fingerprint density at radius 2 is 1.63 bits per heavy atom. The highest BCUT2D eigenvalue weighted by Gasteiger charge is 2.62. The number of benzene rings is 2. The third-order valence-corrected chi connectivity index (χ3v) is 5.97. The summed E-state index contributed by atoms with van der Waals surface area (Å²) in [6, 6.07) is 3.18. The van der Waals surface area contributed by atoms with Gasteiger partial charge in [0.1, 0.15) is 6.54 Å². The Labute approximate surface area is 223 Å². The van der Waals surface area contributed by atoms with Crippen molar-refractivity contribution in [2.24, 2.45) is 5.16 Å². The van der Waals surface area contributed by atoms with Gasteiger partial charge in [-0.05, 0) is 48.7 Å². The molecule has 2 amide bonds. The van der Waals surface area contributed by atoms with E-state index in [0.29, 0.717) is 0 Å². The Kier molecular flexibility index (Phi) is 8.60. The molecular weight excluding hydrogens is 587 g/mol. The van der Waals surface area contributed by atoms with Gasteiger partial charge in [-0.2, -0.15) is 39.5 Å². The number of oxime groups is 1. The molecule has 1 aliphatic heterocycles. The first kappa shape index (κ1) is 31.6. The quantitative estimate of drug-likeness (QED) is 0.417. The van der Waals surface area contributed by atoms with Crippen LogP contribution in [-0.4, -0.2) is 43.0 Å². The number of rotatable bonds is 6. The van der Waals surface area contributed by atoms with Gasteiger partial charge in [0.25, 0.3) is 11.5 Å². The Bertz CT molecular complexity index is 1370. The molecule has 6 nitrogen and oxygen atoms in total. The fourth-order valence-electron chi connectivity index (χ4n) is 3.91. The van der Waals surface area contributed by atoms with Crippen molar-refractivity contribution in [2.75, 3.05) is 13.1 Å². The smallest absolute Gasteiger partial charge is 0.374 e. The van der Waals surface area contributed by atoms with E-state index in [1.807, 2.05) is 0 Å². The van der Waals surface area contributed by atoms with E-state index in [1.54, 1.807) is 5.32 Å². The van der Waals surface area contributed by atoms with Gasteiger partial charge in [0.2, 0.25) is 5.91 Å². The number of halogens is 11. The number of carbonyl (C=O) groups is 2. The van der Waals surface area contributed by atoms with Crippen LogP contribution in [-0.2, 0) is 21.4 Å². The first-order valence-electron chi connectivity index (χ1n) is 11.4. The molecule has 0 aromatic heterocycles. The highest BCUT2D eigenvalue weighted by molar-refractivity contribution is 6.03. The second-order valence-electron chi connectivity index (χ2n) is 8.88. The minimum atomic E-state index is -5.52. The topological polar surface area (TPSA) is 79.8 Å². The van der Waals surface area contributed by atoms with Crippen LogP contribution >= 0.6 is 0 Å². The number of hydrogen-bond acceptors (Lipinski definition) is 4. The van der Waals surface area contributed by atoms with Crippen LogP contribution in [0.4, 0.5) is 48.3 Å². The zero-order chi connectivity index (χ0) is 31.0. The van der Waals surface area contributed by atoms with Crippen molar-refractivity contribution >= 4 is 17.5 Å². The van der Waals surface area contributed by atoms with Crippen LogP contribution in [0.15, 0.2) is 35.5 Å². The summed E-state index contributed by atoms with van der Waals surface area (Å²) in [6.45, 7) is -1.01. The summed E-state index contributed by atoms with van der Waals surface area (Å²) in [5.41, 5.74) is -7.27. The van der Waals surface area contributed by atoms with Gasteiger partial charge < -0.3 is 15.5 Å². The van der Waals surface area contributed by atoms with E-state index in [1.165, 1.54) is 25.1 Å². The van der Waals surface area contributed by atoms with Crippen LogP contribution in [0.2, 0.25) is 0 Å². The maximum Gasteiger partial charge on any atom is 0.435 e. The molecule has 41 heavy (non-hydrogen) atoms. The van der Waals surface area contributed by atoms with Crippen LogP contribution in [0.25, 0.3) is 0 Å². The van der Waals surface area contributed by atoms with E-state index in [4.69, 9.17) is 0 Å². The van der Waals surface area contributed by atoms with E-state index in [-0.39, 0.29) is 34.5 Å². The van der Waals surface area contributed by atoms with Gasteiger partial charge in [-0.15, -0.1) is 0 Å². The third kappa shape index (κ3) is 7.05. The van der Waals surface area contributed by atoms with Gasteiger partial charge in [-0.1, -0.05) is 11.2 Å². The van der Waals surface area contributed by atoms with Gasteiger partial charge in [0.15, 0.2) is 11.6 Å². The van der Waals surface area contributed by atoms with Gasteiger partial charge >= 0.3 is 18.5 Å². The maximum atomic E-state index is 14.4. The lowest BCUT2D eigenvalue weighted by atomic mass is 9.84. The summed E-state index contributed by atoms with van der Waals surface area (Å²) < 4.78 is 146. The van der Waals surface area contributed by atoms with E-state index < -0.39 is 84.6 Å². The normalized spacial score (nSPS) is 17.9. The first-order chi connectivity index (χ1) is 18.7. The minimum Gasteiger partial charge on any atom is -0.374 e. The average Bonchev–Trinajstić information content (AvgIpc) is 2.85. The zero-order valence-corrected chi connectivity index (χ0v) is 20.5. The van der Waals surface area contributed by atoms with Gasteiger partial charge in [0, 0.05) is 17.5 Å². The molecule has 0 spiro atoms. The highest BCUT2D eigenvalue weighted by atomic mass is 19.4. The summed E-state index contributed by atoms with van der Waals surface area (Å²) in [5, 5.41) is 7.01. The summed E-state index contributed by atoms with van der Waals surface area (Å²) in [7, 11) is 0. The number of nitrogens with one attached hydrogen (secondary N) is 2. The Morgan fingerprint density at radius 3 is 2.15 bits per heavy atom. The molecular formula is C24H18F11N3O3. The van der Waals surface area contributed by atoms with Crippen LogP contribution in [0.3, 0.4) is 0 Å². The molecule has 0 aliphatic carbocycles. The van der Waals surface area contributed by atoms with Crippen LogP contribution < -0.4 is 10.6 Å². The fraction of sp³-hybridized carbons (Fsp3) is 0.375. The van der Waals surface area contributed by atoms with Crippen LogP contribution in [0.1, 0.15) is 45.5 Å². The molecule has 0 unspecified atom stereocenters. The lowest BCUT2D eigenvalue weighted by molar-refractivity contribution is -0.292. The molecule has 2 aromatic carbocycles. The molecule has 2 aromatic rings. The van der Waals surface area contributed by atoms with Crippen molar-refractivity contribution in [2.45, 2.75) is 43.9 Å². The number of amides is 2. The lowest BCUT2D eigenvalue weighted by Gasteiger charge is -2.37. The molecule has 1 aliphatic rings. The highest BCUT2D eigenvalue weighted by Crippen LogP contribution is 2.50. The largest absolute Gasteiger partial charge is 0.435 e. The summed E-state index contributed by atoms with van der Waals surface area (Å²) >= 11 is 0. The van der Waals surface area contributed by atoms with Gasteiger partial charge in [0.05, 0.1) is 17.8 Å². The number of aryl methyl sites for hydroxylation is 1. The predicted octanol–water partition coefficient (Wildman–Crippen LogP) is 5.67. The van der Waals surface area contributed by atoms with Crippen LogP contribution in [0, 0.1) is 18.6 Å².